The van der Waals surface area contributed by atoms with Gasteiger partial charge in [-0.3, -0.25) is 9.48 Å². The topological polar surface area (TPSA) is 41.4 Å². The first-order valence-corrected chi connectivity index (χ1v) is 7.44. The van der Waals surface area contributed by atoms with Gasteiger partial charge in [-0.2, -0.15) is 5.10 Å². The zero-order chi connectivity index (χ0) is 14.9. The van der Waals surface area contributed by atoms with Gasteiger partial charge < -0.3 is 9.80 Å². The summed E-state index contributed by atoms with van der Waals surface area (Å²) in [6, 6.07) is 0. The monoisotopic (exact) mass is 298 g/mol. The molecule has 20 heavy (non-hydrogen) atoms. The maximum Gasteiger partial charge on any atom is 0.227 e. The van der Waals surface area contributed by atoms with Gasteiger partial charge in [-0.15, -0.1) is 0 Å². The number of carbonyl (C=O) groups is 1. The highest BCUT2D eigenvalue weighted by atomic mass is 35.5. The molecule has 1 amide bonds. The van der Waals surface area contributed by atoms with Gasteiger partial charge in [0.1, 0.15) is 0 Å². The van der Waals surface area contributed by atoms with Crippen LogP contribution in [0.1, 0.15) is 18.3 Å². The maximum absolute atomic E-state index is 12.4. The van der Waals surface area contributed by atoms with E-state index in [1.807, 2.05) is 30.4 Å². The molecular formula is C14H23ClN4O. The zero-order valence-electron chi connectivity index (χ0n) is 12.7. The molecule has 112 valence electrons. The fourth-order valence-corrected chi connectivity index (χ4v) is 2.66. The van der Waals surface area contributed by atoms with Crippen LogP contribution in [0.5, 0.6) is 0 Å². The van der Waals surface area contributed by atoms with E-state index in [1.54, 1.807) is 0 Å². The predicted molar refractivity (Wildman–Crippen MR) is 80.0 cm³/mol. The van der Waals surface area contributed by atoms with E-state index in [2.05, 4.69) is 17.0 Å². The molecule has 5 nitrogen and oxygen atoms in total. The molecule has 2 rings (SSSR count). The summed E-state index contributed by atoms with van der Waals surface area (Å²) in [6.07, 6.45) is 0. The summed E-state index contributed by atoms with van der Waals surface area (Å²) < 4.78 is 1.84. The summed E-state index contributed by atoms with van der Waals surface area (Å²) in [4.78, 5) is 16.6. The van der Waals surface area contributed by atoms with Crippen molar-refractivity contribution in [1.82, 2.24) is 19.6 Å². The van der Waals surface area contributed by atoms with Crippen LogP contribution in [0.4, 0.5) is 0 Å². The third-order valence-electron chi connectivity index (χ3n) is 3.98. The summed E-state index contributed by atoms with van der Waals surface area (Å²) >= 11 is 6.14. The van der Waals surface area contributed by atoms with Gasteiger partial charge in [0.25, 0.3) is 0 Å². The minimum atomic E-state index is -0.0764. The number of piperazine rings is 1. The Bertz CT molecular complexity index is 492. The van der Waals surface area contributed by atoms with Gasteiger partial charge in [0.2, 0.25) is 5.91 Å². The number of amides is 1. The van der Waals surface area contributed by atoms with Crippen LogP contribution in [-0.4, -0.2) is 58.7 Å². The van der Waals surface area contributed by atoms with Gasteiger partial charge in [0.05, 0.1) is 28.9 Å². The Morgan fingerprint density at radius 1 is 1.30 bits per heavy atom. The molecule has 0 aromatic carbocycles. The molecule has 1 aliphatic heterocycles. The molecule has 2 heterocycles. The number of aromatic nitrogens is 2. The number of likely N-dealkylation sites (N-methyl/N-ethyl adjacent to an activating group) is 1. The van der Waals surface area contributed by atoms with Gasteiger partial charge in [0.15, 0.2) is 0 Å². The molecule has 0 radical (unpaired) electrons. The minimum absolute atomic E-state index is 0.0764. The molecule has 1 aromatic heterocycles. The third kappa shape index (κ3) is 3.15. The lowest BCUT2D eigenvalue weighted by Crippen LogP contribution is -2.49. The van der Waals surface area contributed by atoms with E-state index in [9.17, 15) is 4.79 Å². The van der Waals surface area contributed by atoms with Crippen LogP contribution in [0.15, 0.2) is 0 Å². The first-order chi connectivity index (χ1) is 9.40. The van der Waals surface area contributed by atoms with E-state index in [4.69, 9.17) is 11.6 Å². The third-order valence-corrected chi connectivity index (χ3v) is 4.52. The molecule has 1 atom stereocenters. The quantitative estimate of drug-likeness (QED) is 0.850. The van der Waals surface area contributed by atoms with Crippen LogP contribution in [0.2, 0.25) is 5.02 Å². The van der Waals surface area contributed by atoms with Gasteiger partial charge >= 0.3 is 0 Å². The minimum Gasteiger partial charge on any atom is -0.340 e. The zero-order valence-corrected chi connectivity index (χ0v) is 13.4. The Labute approximate surface area is 125 Å². The predicted octanol–water partition coefficient (Wildman–Crippen LogP) is 1.56. The molecule has 0 aliphatic carbocycles. The van der Waals surface area contributed by atoms with Crippen molar-refractivity contribution in [3.05, 3.63) is 16.4 Å². The first kappa shape index (κ1) is 15.3. The number of halogens is 1. The fraction of sp³-hybridized carbons (Fsp3) is 0.714. The van der Waals surface area contributed by atoms with Crippen molar-refractivity contribution in [3.63, 3.8) is 0 Å². The number of rotatable bonds is 3. The normalized spacial score (nSPS) is 18.4. The van der Waals surface area contributed by atoms with Crippen molar-refractivity contribution in [3.8, 4) is 0 Å². The lowest BCUT2D eigenvalue weighted by molar-refractivity contribution is -0.137. The van der Waals surface area contributed by atoms with Crippen LogP contribution in [0.25, 0.3) is 0 Å². The van der Waals surface area contributed by atoms with E-state index in [1.165, 1.54) is 0 Å². The number of hydrogen-bond acceptors (Lipinski definition) is 3. The molecule has 0 N–H and O–H groups in total. The van der Waals surface area contributed by atoms with Crippen LogP contribution in [-0.2, 0) is 11.3 Å². The van der Waals surface area contributed by atoms with Crippen molar-refractivity contribution in [2.24, 2.45) is 5.92 Å². The Kier molecular flexibility index (Phi) is 4.70. The van der Waals surface area contributed by atoms with Crippen LogP contribution >= 0.6 is 11.6 Å². The molecule has 0 spiro atoms. The van der Waals surface area contributed by atoms with E-state index >= 15 is 0 Å². The van der Waals surface area contributed by atoms with Gasteiger partial charge in [-0.05, 0) is 20.9 Å². The highest BCUT2D eigenvalue weighted by Gasteiger charge is 2.24. The molecular weight excluding hydrogens is 276 g/mol. The average molecular weight is 299 g/mol. The second-order valence-corrected chi connectivity index (χ2v) is 6.07. The SMILES string of the molecule is Cc1nn(CC(C)C(=O)N2CCN(C)CC2)c(C)c1Cl. The van der Waals surface area contributed by atoms with Crippen LogP contribution in [0, 0.1) is 19.8 Å². The summed E-state index contributed by atoms with van der Waals surface area (Å²) in [5, 5.41) is 5.09. The molecule has 0 bridgehead atoms. The highest BCUT2D eigenvalue weighted by Crippen LogP contribution is 2.20. The molecule has 1 aromatic rings. The van der Waals surface area contributed by atoms with E-state index in [0.29, 0.717) is 11.6 Å². The summed E-state index contributed by atoms with van der Waals surface area (Å²) in [7, 11) is 2.09. The van der Waals surface area contributed by atoms with Gasteiger partial charge in [-0.25, -0.2) is 0 Å². The van der Waals surface area contributed by atoms with Crippen molar-refractivity contribution in [1.29, 1.82) is 0 Å². The fourth-order valence-electron chi connectivity index (χ4n) is 2.53. The maximum atomic E-state index is 12.4. The second kappa shape index (κ2) is 6.14. The van der Waals surface area contributed by atoms with E-state index in [-0.39, 0.29) is 11.8 Å². The molecule has 6 heteroatoms. The molecule has 1 unspecified atom stereocenters. The number of hydrogen-bond donors (Lipinski definition) is 0. The summed E-state index contributed by atoms with van der Waals surface area (Å²) in [6.45, 7) is 9.91. The standard InChI is InChI=1S/C14H23ClN4O/c1-10(9-19-12(3)13(15)11(2)16-19)14(20)18-7-5-17(4)6-8-18/h10H,5-9H2,1-4H3. The van der Waals surface area contributed by atoms with Crippen molar-refractivity contribution in [2.45, 2.75) is 27.3 Å². The average Bonchev–Trinajstić information content (AvgIpc) is 2.66. The van der Waals surface area contributed by atoms with Gasteiger partial charge in [0, 0.05) is 26.2 Å². The Morgan fingerprint density at radius 2 is 1.90 bits per heavy atom. The van der Waals surface area contributed by atoms with Crippen LogP contribution in [0.3, 0.4) is 0 Å². The summed E-state index contributed by atoms with van der Waals surface area (Å²) in [5.41, 5.74) is 1.76. The summed E-state index contributed by atoms with van der Waals surface area (Å²) in [5.74, 6) is 0.134. The Hall–Kier alpha value is -1.07. The van der Waals surface area contributed by atoms with Crippen molar-refractivity contribution >= 4 is 17.5 Å². The van der Waals surface area contributed by atoms with Gasteiger partial charge in [-0.1, -0.05) is 18.5 Å². The number of nitrogens with zero attached hydrogens (tertiary/aromatic N) is 4. The van der Waals surface area contributed by atoms with Crippen LogP contribution < -0.4 is 0 Å². The molecule has 1 saturated heterocycles. The lowest BCUT2D eigenvalue weighted by Gasteiger charge is -2.34. The lowest BCUT2D eigenvalue weighted by atomic mass is 10.1. The molecule has 0 saturated carbocycles. The largest absolute Gasteiger partial charge is 0.340 e. The molecule has 1 aliphatic rings. The van der Waals surface area contributed by atoms with Crippen molar-refractivity contribution in [2.75, 3.05) is 33.2 Å². The molecule has 1 fully saturated rings. The number of carbonyl (C=O) groups excluding carboxylic acids is 1. The highest BCUT2D eigenvalue weighted by molar-refractivity contribution is 6.31. The smallest absolute Gasteiger partial charge is 0.227 e. The Balaban J connectivity index is 1.99. The van der Waals surface area contributed by atoms with E-state index in [0.717, 1.165) is 37.6 Å². The first-order valence-electron chi connectivity index (χ1n) is 7.07. The Morgan fingerprint density at radius 3 is 2.40 bits per heavy atom. The number of aryl methyl sites for hydroxylation is 1. The van der Waals surface area contributed by atoms with Crippen molar-refractivity contribution < 1.29 is 4.79 Å². The van der Waals surface area contributed by atoms with E-state index < -0.39 is 0 Å². The second-order valence-electron chi connectivity index (χ2n) is 5.70.